The maximum Gasteiger partial charge on any atom is 0.271 e. The highest BCUT2D eigenvalue weighted by Gasteiger charge is 2.18. The third-order valence-electron chi connectivity index (χ3n) is 6.31. The Morgan fingerprint density at radius 1 is 0.907 bits per heavy atom. The number of carbonyl (C=O) groups is 1. The van der Waals surface area contributed by atoms with Crippen LogP contribution in [-0.2, 0) is 10.0 Å². The van der Waals surface area contributed by atoms with Crippen LogP contribution in [-0.4, -0.2) is 44.5 Å². The number of amides is 1. The Kier molecular flexibility index (Phi) is 8.74. The van der Waals surface area contributed by atoms with Crippen LogP contribution in [0.15, 0.2) is 113 Å². The highest BCUT2D eigenvalue weighted by molar-refractivity contribution is 7.92. The van der Waals surface area contributed by atoms with Crippen LogP contribution < -0.4 is 19.6 Å². The number of para-hydroxylation sites is 2. The van der Waals surface area contributed by atoms with Crippen LogP contribution in [0.2, 0.25) is 5.02 Å². The van der Waals surface area contributed by atoms with Gasteiger partial charge in [0.15, 0.2) is 11.5 Å². The van der Waals surface area contributed by atoms with Crippen molar-refractivity contribution < 1.29 is 22.7 Å². The second kappa shape index (κ2) is 12.8. The number of sulfonamides is 1. The number of benzene rings is 4. The molecular formula is C31H26ClN5O5S. The minimum atomic E-state index is -4.01. The third-order valence-corrected chi connectivity index (χ3v) is 8.01. The molecule has 0 aliphatic carbocycles. The Balaban J connectivity index is 1.40. The molecule has 0 atom stereocenters. The zero-order chi connectivity index (χ0) is 30.4. The fraction of sp³-hybridized carbons (Fsp3) is 0.0645. The Bertz CT molecular complexity index is 1910. The van der Waals surface area contributed by atoms with Crippen molar-refractivity contribution >= 4 is 39.4 Å². The van der Waals surface area contributed by atoms with E-state index in [2.05, 4.69) is 15.2 Å². The Labute approximate surface area is 253 Å². The van der Waals surface area contributed by atoms with Crippen molar-refractivity contribution in [1.82, 2.24) is 15.2 Å². The van der Waals surface area contributed by atoms with Gasteiger partial charge in [-0.25, -0.2) is 18.5 Å². The number of carbonyl (C=O) groups excluding carboxylic acids is 1. The van der Waals surface area contributed by atoms with Crippen molar-refractivity contribution in [3.63, 3.8) is 0 Å². The van der Waals surface area contributed by atoms with Gasteiger partial charge in [0.25, 0.3) is 15.9 Å². The molecule has 0 bridgehead atoms. The fourth-order valence-electron chi connectivity index (χ4n) is 4.18. The fourth-order valence-corrected chi connectivity index (χ4v) is 5.54. The zero-order valence-corrected chi connectivity index (χ0v) is 24.6. The molecule has 1 heterocycles. The molecule has 0 saturated heterocycles. The molecule has 5 aromatic rings. The van der Waals surface area contributed by atoms with E-state index in [-0.39, 0.29) is 21.2 Å². The topological polar surface area (TPSA) is 124 Å². The van der Waals surface area contributed by atoms with E-state index in [4.69, 9.17) is 26.2 Å². The number of hydrogen-bond acceptors (Lipinski definition) is 7. The standard InChI is InChI=1S/C31H26ClN5O5S/c1-41-28-16-15-21(18-29(28)42-2)30-23(20-37(35-30)24-10-4-3-5-11-24)19-33-34-31(38)22-9-8-12-25(17-22)43(39,40)36-27-14-7-6-13-26(27)32/h3-20,36H,1-2H3,(H,34,38). The summed E-state index contributed by atoms with van der Waals surface area (Å²) in [5.41, 5.74) is 5.55. The summed E-state index contributed by atoms with van der Waals surface area (Å²) in [6.07, 6.45) is 3.25. The molecule has 0 spiro atoms. The van der Waals surface area contributed by atoms with Gasteiger partial charge in [0.05, 0.1) is 41.7 Å². The van der Waals surface area contributed by atoms with Crippen molar-refractivity contribution in [1.29, 1.82) is 0 Å². The van der Waals surface area contributed by atoms with Gasteiger partial charge in [-0.2, -0.15) is 10.2 Å². The van der Waals surface area contributed by atoms with E-state index < -0.39 is 15.9 Å². The molecular weight excluding hydrogens is 590 g/mol. The average molecular weight is 616 g/mol. The highest BCUT2D eigenvalue weighted by atomic mass is 35.5. The number of nitrogens with one attached hydrogen (secondary N) is 2. The molecule has 2 N–H and O–H groups in total. The summed E-state index contributed by atoms with van der Waals surface area (Å²) in [4.78, 5) is 12.8. The van der Waals surface area contributed by atoms with E-state index in [0.717, 1.165) is 11.3 Å². The van der Waals surface area contributed by atoms with Gasteiger partial charge >= 0.3 is 0 Å². The molecule has 4 aromatic carbocycles. The first kappa shape index (κ1) is 29.4. The lowest BCUT2D eigenvalue weighted by Gasteiger charge is -2.10. The lowest BCUT2D eigenvalue weighted by Crippen LogP contribution is -2.19. The monoisotopic (exact) mass is 615 g/mol. The van der Waals surface area contributed by atoms with Crippen LogP contribution in [0, 0.1) is 0 Å². The first-order valence-corrected chi connectivity index (χ1v) is 14.7. The highest BCUT2D eigenvalue weighted by Crippen LogP contribution is 2.33. The number of aromatic nitrogens is 2. The average Bonchev–Trinajstić information content (AvgIpc) is 3.46. The number of ether oxygens (including phenoxy) is 2. The van der Waals surface area contributed by atoms with E-state index in [0.29, 0.717) is 22.8 Å². The maximum atomic E-state index is 12.9. The molecule has 10 nitrogen and oxygen atoms in total. The molecule has 1 aromatic heterocycles. The first-order valence-electron chi connectivity index (χ1n) is 12.9. The van der Waals surface area contributed by atoms with Gasteiger partial charge in [-0.3, -0.25) is 9.52 Å². The summed E-state index contributed by atoms with van der Waals surface area (Å²) in [5.74, 6) is 0.501. The largest absolute Gasteiger partial charge is 0.493 e. The number of nitrogens with zero attached hydrogens (tertiary/aromatic N) is 3. The number of hydrogen-bond donors (Lipinski definition) is 2. The van der Waals surface area contributed by atoms with Crippen LogP contribution in [0.25, 0.3) is 16.9 Å². The molecule has 0 saturated carbocycles. The van der Waals surface area contributed by atoms with Crippen LogP contribution in [0.1, 0.15) is 15.9 Å². The van der Waals surface area contributed by atoms with E-state index in [1.165, 1.54) is 30.5 Å². The lowest BCUT2D eigenvalue weighted by atomic mass is 10.1. The van der Waals surface area contributed by atoms with Crippen molar-refractivity contribution in [2.45, 2.75) is 4.90 Å². The molecule has 0 aliphatic rings. The Hall–Kier alpha value is -5.13. The number of hydrazone groups is 1. The van der Waals surface area contributed by atoms with Gasteiger partial charge in [-0.1, -0.05) is 48.0 Å². The van der Waals surface area contributed by atoms with Gasteiger partial charge in [0.2, 0.25) is 0 Å². The molecule has 43 heavy (non-hydrogen) atoms. The lowest BCUT2D eigenvalue weighted by molar-refractivity contribution is 0.0955. The van der Waals surface area contributed by atoms with E-state index in [9.17, 15) is 13.2 Å². The second-order valence-corrected chi connectivity index (χ2v) is 11.2. The molecule has 0 unspecified atom stereocenters. The van der Waals surface area contributed by atoms with Crippen LogP contribution in [0.5, 0.6) is 11.5 Å². The molecule has 12 heteroatoms. The van der Waals surface area contributed by atoms with E-state index in [1.807, 2.05) is 36.4 Å². The summed E-state index contributed by atoms with van der Waals surface area (Å²) in [5, 5.41) is 9.14. The van der Waals surface area contributed by atoms with Crippen molar-refractivity contribution in [3.8, 4) is 28.4 Å². The summed E-state index contributed by atoms with van der Waals surface area (Å²) < 4.78 is 40.9. The quantitative estimate of drug-likeness (QED) is 0.152. The van der Waals surface area contributed by atoms with E-state index in [1.54, 1.807) is 61.5 Å². The zero-order valence-electron chi connectivity index (χ0n) is 23.1. The normalized spacial score (nSPS) is 11.3. The minimum absolute atomic E-state index is 0.0966. The Morgan fingerprint density at radius 2 is 1.65 bits per heavy atom. The molecule has 0 fully saturated rings. The van der Waals surface area contributed by atoms with Crippen LogP contribution >= 0.6 is 11.6 Å². The number of anilines is 1. The number of rotatable bonds is 10. The van der Waals surface area contributed by atoms with Crippen LogP contribution in [0.3, 0.4) is 0 Å². The van der Waals surface area contributed by atoms with Gasteiger partial charge in [-0.15, -0.1) is 0 Å². The van der Waals surface area contributed by atoms with Gasteiger partial charge < -0.3 is 9.47 Å². The number of methoxy groups -OCH3 is 2. The predicted molar refractivity (Wildman–Crippen MR) is 166 cm³/mol. The molecule has 0 aliphatic heterocycles. The summed E-state index contributed by atoms with van der Waals surface area (Å²) in [6.45, 7) is 0. The van der Waals surface area contributed by atoms with Gasteiger partial charge in [0, 0.05) is 22.9 Å². The van der Waals surface area contributed by atoms with Crippen molar-refractivity contribution in [3.05, 3.63) is 119 Å². The summed E-state index contributed by atoms with van der Waals surface area (Å²) in [7, 11) is -0.900. The Morgan fingerprint density at radius 3 is 2.40 bits per heavy atom. The molecule has 5 rings (SSSR count). The molecule has 0 radical (unpaired) electrons. The van der Waals surface area contributed by atoms with Gasteiger partial charge in [0.1, 0.15) is 5.69 Å². The minimum Gasteiger partial charge on any atom is -0.493 e. The van der Waals surface area contributed by atoms with Crippen molar-refractivity contribution in [2.75, 3.05) is 18.9 Å². The third kappa shape index (κ3) is 6.69. The summed E-state index contributed by atoms with van der Waals surface area (Å²) >= 11 is 6.10. The summed E-state index contributed by atoms with van der Waals surface area (Å²) in [6, 6.07) is 27.0. The smallest absolute Gasteiger partial charge is 0.271 e. The molecule has 218 valence electrons. The number of halogens is 1. The van der Waals surface area contributed by atoms with Gasteiger partial charge in [-0.05, 0) is 60.7 Å². The SMILES string of the molecule is COc1ccc(-c2nn(-c3ccccc3)cc2C=NNC(=O)c2cccc(S(=O)(=O)Nc3ccccc3Cl)c2)cc1OC. The second-order valence-electron chi connectivity index (χ2n) is 9.10. The first-order chi connectivity index (χ1) is 20.8. The molecule has 1 amide bonds. The van der Waals surface area contributed by atoms with Crippen LogP contribution in [0.4, 0.5) is 5.69 Å². The maximum absolute atomic E-state index is 12.9. The van der Waals surface area contributed by atoms with E-state index >= 15 is 0 Å². The van der Waals surface area contributed by atoms with Crippen molar-refractivity contribution in [2.24, 2.45) is 5.10 Å². The predicted octanol–water partition coefficient (Wildman–Crippen LogP) is 5.77.